The molecule has 0 saturated heterocycles. The number of aldehydes is 1. The van der Waals surface area contributed by atoms with E-state index < -0.39 is 140 Å². The van der Waals surface area contributed by atoms with Gasteiger partial charge in [0.25, 0.3) is 49.0 Å². The fourth-order valence-electron chi connectivity index (χ4n) is 5.13. The second kappa shape index (κ2) is 29.6. The molecule has 0 unspecified atom stereocenters. The van der Waals surface area contributed by atoms with Crippen LogP contribution in [0.4, 0.5) is 61.5 Å². The van der Waals surface area contributed by atoms with Gasteiger partial charge in [0.15, 0.2) is 6.29 Å². The Morgan fingerprint density at radius 2 is 0.649 bits per heavy atom. The summed E-state index contributed by atoms with van der Waals surface area (Å²) in [7, 11) is 7.66. The SMILES string of the molecule is Cn1nc(C(F)F)c(C(=O)Cl)c1Cl.Cn1nc(C(F)F)c(C(=O)Cl)c1F.Cn1nc(C(F)F)c(C(=O)F)c1Cl.Cn1nc(C(F)F)c(C(=O)O)c1Cl.Cn1nc(C(F)F)c(C(=O)O)c1Cl.Cn1nc(C(F)F)c(C=O)c1Cl. The van der Waals surface area contributed by atoms with E-state index in [-0.39, 0.29) is 32.5 Å². The van der Waals surface area contributed by atoms with E-state index in [0.29, 0.717) is 4.68 Å². The van der Waals surface area contributed by atoms with Gasteiger partial charge in [0.05, 0.1) is 5.56 Å². The highest BCUT2D eigenvalue weighted by molar-refractivity contribution is 6.69. The Balaban J connectivity index is 0.000000462. The van der Waals surface area contributed by atoms with Gasteiger partial charge in [0.2, 0.25) is 5.95 Å². The number of carboxylic acid groups (broad SMARTS) is 2. The third-order valence-electron chi connectivity index (χ3n) is 8.44. The number of aromatic nitrogens is 12. The average molecular weight is 1270 g/mol. The lowest BCUT2D eigenvalue weighted by Gasteiger charge is -1.94. The van der Waals surface area contributed by atoms with Crippen molar-refractivity contribution in [3.63, 3.8) is 0 Å². The smallest absolute Gasteiger partial charge is 0.341 e. The number of carbonyl (C=O) groups excluding carboxylic acids is 4. The molecule has 6 aromatic heterocycles. The fraction of sp³-hybridized carbons (Fsp3) is 0.333. The van der Waals surface area contributed by atoms with E-state index in [4.69, 9.17) is 91.4 Å². The molecule has 0 saturated carbocycles. The number of hydrogen-bond donors (Lipinski definition) is 2. The fourth-order valence-corrected chi connectivity index (χ4v) is 6.58. The zero-order valence-electron chi connectivity index (χ0n) is 38.2. The van der Waals surface area contributed by atoms with Crippen molar-refractivity contribution >= 4 is 116 Å². The van der Waals surface area contributed by atoms with E-state index in [1.54, 1.807) is 0 Å². The summed E-state index contributed by atoms with van der Waals surface area (Å²) in [5.41, 5.74) is -8.41. The van der Waals surface area contributed by atoms with Gasteiger partial charge in [-0.05, 0) is 23.2 Å². The maximum Gasteiger partial charge on any atom is 0.341 e. The minimum absolute atomic E-state index is 0.0692. The van der Waals surface area contributed by atoms with Crippen LogP contribution in [0.15, 0.2) is 0 Å². The lowest BCUT2D eigenvalue weighted by Crippen LogP contribution is -2.00. The first kappa shape index (κ1) is 68.9. The standard InChI is InChI=1S/C6H4Cl2F2N2O.2C6H4ClF3N2O.2C6H5ClF2N2O2.C6H5ClF2N2O/c1-12-4(7)2(5(8)13)3(11-12)6(9)10;1-12-6(10)2(4(7)13)3(11-12)5(8)9;1-12-4(7)2(6(10)13)3(11-12)5(8)9;2*1-11-4(7)2(6(12)13)3(10-11)5(8)9;1-11-5(7)3(2-12)4(10-11)6(8)9/h6H,1H3;2*5H,1H3;2*5H,1H3,(H,12,13);2,6H,1H3. The van der Waals surface area contributed by atoms with Gasteiger partial charge in [-0.2, -0.15) is 39.4 Å². The molecule has 77 heavy (non-hydrogen) atoms. The van der Waals surface area contributed by atoms with Crippen LogP contribution in [0.25, 0.3) is 0 Å². The first-order chi connectivity index (χ1) is 35.3. The van der Waals surface area contributed by atoms with Gasteiger partial charge in [-0.3, -0.25) is 42.6 Å². The van der Waals surface area contributed by atoms with Crippen LogP contribution < -0.4 is 0 Å². The largest absolute Gasteiger partial charge is 0.478 e. The van der Waals surface area contributed by atoms with E-state index in [1.165, 1.54) is 35.2 Å². The van der Waals surface area contributed by atoms with Crippen LogP contribution in [0.2, 0.25) is 25.8 Å². The Morgan fingerprint density at radius 3 is 0.857 bits per heavy atom. The molecule has 0 fully saturated rings. The maximum atomic E-state index is 12.9. The highest BCUT2D eigenvalue weighted by atomic mass is 35.5. The van der Waals surface area contributed by atoms with E-state index in [1.807, 2.05) is 0 Å². The molecule has 0 aliphatic rings. The van der Waals surface area contributed by atoms with Crippen molar-refractivity contribution in [1.82, 2.24) is 58.7 Å². The van der Waals surface area contributed by atoms with Crippen molar-refractivity contribution < 1.29 is 100 Å². The number of rotatable bonds is 12. The molecular weight excluding hydrogens is 1240 g/mol. The summed E-state index contributed by atoms with van der Waals surface area (Å²) in [5.74, 6) is -4.17. The molecule has 6 rings (SSSR count). The number of aryl methyl sites for hydroxylation is 6. The first-order valence-electron chi connectivity index (χ1n) is 18.9. The third kappa shape index (κ3) is 17.5. The summed E-state index contributed by atoms with van der Waals surface area (Å²) in [6, 6.07) is -2.01. The Morgan fingerprint density at radius 1 is 0.416 bits per heavy atom. The second-order valence-electron chi connectivity index (χ2n) is 13.4. The van der Waals surface area contributed by atoms with Gasteiger partial charge in [0.1, 0.15) is 87.7 Å². The van der Waals surface area contributed by atoms with Crippen LogP contribution in [0.3, 0.4) is 0 Å². The Kier molecular flexibility index (Phi) is 26.5. The molecule has 0 aliphatic heterocycles. The van der Waals surface area contributed by atoms with Gasteiger partial charge in [0, 0.05) is 42.3 Å². The van der Waals surface area contributed by atoms with Crippen LogP contribution in [0.1, 0.15) is 135 Å². The molecule has 0 bridgehead atoms. The van der Waals surface area contributed by atoms with E-state index in [0.717, 1.165) is 30.5 Å². The lowest BCUT2D eigenvalue weighted by atomic mass is 10.2. The van der Waals surface area contributed by atoms with Crippen LogP contribution in [-0.2, 0) is 42.3 Å². The molecule has 2 N–H and O–H groups in total. The summed E-state index contributed by atoms with van der Waals surface area (Å²) < 4.78 is 176. The Hall–Kier alpha value is -6.07. The molecule has 0 amide bonds. The third-order valence-corrected chi connectivity index (χ3v) is 11.0. The van der Waals surface area contributed by atoms with E-state index in [9.17, 15) is 90.2 Å². The number of carbonyl (C=O) groups is 6. The Labute approximate surface area is 453 Å². The van der Waals surface area contributed by atoms with Gasteiger partial charge >= 0.3 is 18.0 Å². The zero-order valence-corrected chi connectivity index (χ0v) is 43.5. The molecule has 20 nitrogen and oxygen atoms in total. The Bertz CT molecular complexity index is 2710. The minimum Gasteiger partial charge on any atom is -0.478 e. The lowest BCUT2D eigenvalue weighted by molar-refractivity contribution is 0.0675. The van der Waals surface area contributed by atoms with Crippen molar-refractivity contribution in [2.45, 2.75) is 38.6 Å². The van der Waals surface area contributed by atoms with Crippen LogP contribution in [0, 0.1) is 5.95 Å². The topological polar surface area (TPSA) is 250 Å². The predicted molar refractivity (Wildman–Crippen MR) is 239 cm³/mol. The van der Waals surface area contributed by atoms with Crippen LogP contribution in [0.5, 0.6) is 0 Å². The van der Waals surface area contributed by atoms with Crippen molar-refractivity contribution in [3.05, 3.63) is 99.3 Å². The summed E-state index contributed by atoms with van der Waals surface area (Å²) in [6.07, 6.45) is -17.3. The van der Waals surface area contributed by atoms with Gasteiger partial charge in [-0.25, -0.2) is 67.0 Å². The quantitative estimate of drug-likeness (QED) is 0.0657. The van der Waals surface area contributed by atoms with Crippen molar-refractivity contribution in [2.75, 3.05) is 0 Å². The minimum atomic E-state index is -3.02. The van der Waals surface area contributed by atoms with E-state index >= 15 is 0 Å². The maximum absolute atomic E-state index is 12.9. The number of aromatic carboxylic acids is 2. The van der Waals surface area contributed by atoms with Crippen molar-refractivity contribution in [1.29, 1.82) is 0 Å². The van der Waals surface area contributed by atoms with E-state index in [2.05, 4.69) is 30.6 Å². The number of hydrogen-bond acceptors (Lipinski definition) is 12. The summed E-state index contributed by atoms with van der Waals surface area (Å²) in [6.45, 7) is 0. The number of nitrogens with zero attached hydrogens (tertiary/aromatic N) is 12. The normalized spacial score (nSPS) is 10.9. The van der Waals surface area contributed by atoms with Gasteiger partial charge in [-0.1, -0.05) is 58.0 Å². The molecular formula is C36H27Cl7F14N12O8. The molecule has 6 aromatic rings. The second-order valence-corrected chi connectivity index (χ2v) is 15.9. The zero-order chi connectivity index (χ0) is 60.2. The number of halogens is 21. The van der Waals surface area contributed by atoms with Gasteiger partial charge in [-0.15, -0.1) is 0 Å². The average Bonchev–Trinajstić information content (AvgIpc) is 4.13. The molecule has 0 aromatic carbocycles. The van der Waals surface area contributed by atoms with Gasteiger partial charge < -0.3 is 10.2 Å². The van der Waals surface area contributed by atoms with Crippen molar-refractivity contribution in [2.24, 2.45) is 42.3 Å². The molecule has 41 heteroatoms. The molecule has 6 heterocycles. The van der Waals surface area contributed by atoms with Crippen LogP contribution >= 0.6 is 81.2 Å². The molecule has 0 spiro atoms. The first-order valence-corrected chi connectivity index (χ1v) is 21.5. The molecule has 0 atom stereocenters. The highest BCUT2D eigenvalue weighted by Gasteiger charge is 2.31. The highest BCUT2D eigenvalue weighted by Crippen LogP contribution is 2.32. The summed E-state index contributed by atoms with van der Waals surface area (Å²) >= 11 is 37.2. The number of carboxylic acids is 2. The van der Waals surface area contributed by atoms with Crippen molar-refractivity contribution in [3.8, 4) is 0 Å². The molecule has 0 aliphatic carbocycles. The van der Waals surface area contributed by atoms with Crippen LogP contribution in [-0.4, -0.2) is 104 Å². The summed E-state index contributed by atoms with van der Waals surface area (Å²) in [5, 5.41) is 33.1. The molecule has 426 valence electrons. The summed E-state index contributed by atoms with van der Waals surface area (Å²) in [4.78, 5) is 62.8. The number of alkyl halides is 12. The molecule has 0 radical (unpaired) electrons. The monoisotopic (exact) mass is 1270 g/mol. The predicted octanol–water partition coefficient (Wildman–Crippen LogP) is 11.6.